The van der Waals surface area contributed by atoms with E-state index >= 15 is 0 Å². The first-order valence-electron chi connectivity index (χ1n) is 7.03. The van der Waals surface area contributed by atoms with Gasteiger partial charge in [-0.3, -0.25) is 0 Å². The summed E-state index contributed by atoms with van der Waals surface area (Å²) in [5.74, 6) is 0. The fourth-order valence-electron chi connectivity index (χ4n) is 1.84. The molecule has 6 heteroatoms. The van der Waals surface area contributed by atoms with Crippen LogP contribution in [0.5, 0.6) is 0 Å². The molecule has 116 valence electrons. The van der Waals surface area contributed by atoms with E-state index in [4.69, 9.17) is 2.74 Å². The minimum atomic E-state index is -4.61. The van der Waals surface area contributed by atoms with Gasteiger partial charge in [0, 0.05) is 0 Å². The molecule has 2 aromatic carbocycles. The van der Waals surface area contributed by atoms with Gasteiger partial charge in [0.25, 0.3) is 0 Å². The molecule has 0 unspecified atom stereocenters. The fraction of sp³-hybridized carbons (Fsp3) is 0.125. The average molecular weight is 318 g/mol. The Balaban J connectivity index is 2.51. The zero-order chi connectivity index (χ0) is 18.1. The number of hydrogen-bond donors (Lipinski definition) is 0. The van der Waals surface area contributed by atoms with E-state index in [-0.39, 0.29) is 16.7 Å². The summed E-state index contributed by atoms with van der Waals surface area (Å²) in [5.41, 5.74) is -2.08. The zero-order valence-corrected chi connectivity index (χ0v) is 10.9. The predicted molar refractivity (Wildman–Crippen MR) is 71.0 cm³/mol. The van der Waals surface area contributed by atoms with Gasteiger partial charge in [-0.1, -0.05) is 30.8 Å². The minimum Gasteiger partial charge on any atom is -0.166 e. The van der Waals surface area contributed by atoms with Crippen molar-refractivity contribution in [2.75, 3.05) is 0 Å². The van der Waals surface area contributed by atoms with Crippen molar-refractivity contribution in [1.29, 1.82) is 0 Å². The van der Waals surface area contributed by atoms with Crippen molar-refractivity contribution in [2.24, 2.45) is 0 Å². The molecule has 0 aromatic heterocycles. The molecule has 2 aromatic rings. The number of alkyl halides is 6. The third-order valence-electron chi connectivity index (χ3n) is 2.98. The largest absolute Gasteiger partial charge is 0.416 e. The molecule has 0 saturated heterocycles. The Morgan fingerprint density at radius 3 is 1.86 bits per heavy atom. The van der Waals surface area contributed by atoms with Gasteiger partial charge >= 0.3 is 12.4 Å². The van der Waals surface area contributed by atoms with Crippen molar-refractivity contribution in [3.05, 3.63) is 77.3 Å². The Morgan fingerprint density at radius 2 is 1.36 bits per heavy atom. The van der Waals surface area contributed by atoms with Crippen LogP contribution in [0.2, 0.25) is 0 Å². The van der Waals surface area contributed by atoms with Crippen LogP contribution in [0.4, 0.5) is 26.3 Å². The molecule has 0 atom stereocenters. The van der Waals surface area contributed by atoms with Crippen molar-refractivity contribution < 1.29 is 29.1 Å². The maximum Gasteiger partial charge on any atom is 0.416 e. The molecule has 0 amide bonds. The summed E-state index contributed by atoms with van der Waals surface area (Å²) >= 11 is 0. The molecule has 2 rings (SSSR count). The molecule has 0 radical (unpaired) electrons. The Labute approximate surface area is 125 Å². The predicted octanol–water partition coefficient (Wildman–Crippen LogP) is 5.79. The van der Waals surface area contributed by atoms with Gasteiger partial charge in [-0.2, -0.15) is 26.3 Å². The SMILES string of the molecule is [2H]C([2H])=C(c1ccc(C(F)(F)F)cc1)c1cccc(C(F)(F)F)c1. The van der Waals surface area contributed by atoms with Gasteiger partial charge in [0.15, 0.2) is 0 Å². The quantitative estimate of drug-likeness (QED) is 0.615. The highest BCUT2D eigenvalue weighted by Gasteiger charge is 2.31. The summed E-state index contributed by atoms with van der Waals surface area (Å²) in [7, 11) is 0. The van der Waals surface area contributed by atoms with Gasteiger partial charge in [0.2, 0.25) is 0 Å². The van der Waals surface area contributed by atoms with E-state index in [9.17, 15) is 26.3 Å². The van der Waals surface area contributed by atoms with Crippen LogP contribution in [0.15, 0.2) is 55.1 Å². The first kappa shape index (κ1) is 13.4. The Kier molecular flexibility index (Phi) is 3.36. The highest BCUT2D eigenvalue weighted by atomic mass is 19.4. The number of benzene rings is 2. The molecule has 0 bridgehead atoms. The van der Waals surface area contributed by atoms with E-state index in [1.807, 2.05) is 0 Å². The summed E-state index contributed by atoms with van der Waals surface area (Å²) in [6.45, 7) is -0.797. The van der Waals surface area contributed by atoms with Crippen LogP contribution in [0, 0.1) is 0 Å². The summed E-state index contributed by atoms with van der Waals surface area (Å²) < 4.78 is 91.0. The van der Waals surface area contributed by atoms with Crippen molar-refractivity contribution in [3.63, 3.8) is 0 Å². The monoisotopic (exact) mass is 318 g/mol. The molecular weight excluding hydrogens is 306 g/mol. The molecule has 0 N–H and O–H groups in total. The maximum atomic E-state index is 12.8. The maximum absolute atomic E-state index is 12.8. The number of rotatable bonds is 2. The van der Waals surface area contributed by atoms with Crippen LogP contribution >= 0.6 is 0 Å². The van der Waals surface area contributed by atoms with Gasteiger partial charge in [-0.25, -0.2) is 0 Å². The van der Waals surface area contributed by atoms with Crippen LogP contribution in [0.1, 0.15) is 25.0 Å². The second-order valence-corrected chi connectivity index (χ2v) is 4.53. The van der Waals surface area contributed by atoms with Crippen molar-refractivity contribution in [3.8, 4) is 0 Å². The number of halogens is 6. The lowest BCUT2D eigenvalue weighted by Crippen LogP contribution is -2.05. The van der Waals surface area contributed by atoms with Crippen LogP contribution in [0.25, 0.3) is 5.57 Å². The van der Waals surface area contributed by atoms with Crippen LogP contribution < -0.4 is 0 Å². The smallest absolute Gasteiger partial charge is 0.166 e. The first-order valence-corrected chi connectivity index (χ1v) is 6.03. The lowest BCUT2D eigenvalue weighted by atomic mass is 9.97. The van der Waals surface area contributed by atoms with Gasteiger partial charge in [0.1, 0.15) is 0 Å². The van der Waals surface area contributed by atoms with Gasteiger partial charge in [0.05, 0.1) is 13.9 Å². The third kappa shape index (κ3) is 3.50. The molecule has 0 saturated carbocycles. The van der Waals surface area contributed by atoms with Crippen molar-refractivity contribution in [2.45, 2.75) is 12.4 Å². The topological polar surface area (TPSA) is 0 Å². The van der Waals surface area contributed by atoms with Crippen LogP contribution in [0.3, 0.4) is 0 Å². The van der Waals surface area contributed by atoms with Gasteiger partial charge in [-0.15, -0.1) is 0 Å². The summed E-state index contributed by atoms with van der Waals surface area (Å²) in [6, 6.07) is 7.55. The van der Waals surface area contributed by atoms with E-state index in [2.05, 4.69) is 0 Å². The Morgan fingerprint density at radius 1 is 0.773 bits per heavy atom. The Hall–Kier alpha value is -2.24. The number of hydrogen-bond acceptors (Lipinski definition) is 0. The molecule has 0 fully saturated rings. The average Bonchev–Trinajstić information content (AvgIpc) is 2.46. The minimum absolute atomic E-state index is 0.0577. The summed E-state index contributed by atoms with van der Waals surface area (Å²) in [5, 5.41) is 0. The summed E-state index contributed by atoms with van der Waals surface area (Å²) in [6.07, 6.45) is -9.16. The van der Waals surface area contributed by atoms with Crippen molar-refractivity contribution in [1.82, 2.24) is 0 Å². The molecule has 0 heterocycles. The second-order valence-electron chi connectivity index (χ2n) is 4.53. The lowest BCUT2D eigenvalue weighted by Gasteiger charge is -2.12. The highest BCUT2D eigenvalue weighted by molar-refractivity contribution is 5.78. The molecule has 0 spiro atoms. The van der Waals surface area contributed by atoms with E-state index in [1.54, 1.807) is 0 Å². The van der Waals surface area contributed by atoms with Crippen molar-refractivity contribution >= 4 is 5.57 Å². The fourth-order valence-corrected chi connectivity index (χ4v) is 1.84. The third-order valence-corrected chi connectivity index (χ3v) is 2.98. The normalized spacial score (nSPS) is 13.4. The van der Waals surface area contributed by atoms with E-state index < -0.39 is 30.0 Å². The Bertz CT molecular complexity index is 753. The van der Waals surface area contributed by atoms with E-state index in [0.29, 0.717) is 0 Å². The summed E-state index contributed by atoms with van der Waals surface area (Å²) in [4.78, 5) is 0. The van der Waals surface area contributed by atoms with Crippen LogP contribution in [-0.4, -0.2) is 0 Å². The molecule has 0 nitrogen and oxygen atoms in total. The standard InChI is InChI=1S/C16H10F6/c1-10(11-5-7-13(8-6-11)15(17,18)19)12-3-2-4-14(9-12)16(20,21)22/h2-9H,1H2/i1D2. The zero-order valence-electron chi connectivity index (χ0n) is 12.9. The highest BCUT2D eigenvalue weighted by Crippen LogP contribution is 2.33. The van der Waals surface area contributed by atoms with E-state index in [0.717, 1.165) is 42.5 Å². The second kappa shape index (κ2) is 5.51. The molecule has 0 aliphatic rings. The molecular formula is C16H10F6. The van der Waals surface area contributed by atoms with Gasteiger partial charge in [-0.05, 0) is 41.0 Å². The molecule has 0 aliphatic heterocycles. The van der Waals surface area contributed by atoms with Gasteiger partial charge < -0.3 is 0 Å². The van der Waals surface area contributed by atoms with E-state index in [1.165, 1.54) is 6.07 Å². The molecule has 0 aliphatic carbocycles. The molecule has 22 heavy (non-hydrogen) atoms. The first-order chi connectivity index (χ1) is 11.0. The lowest BCUT2D eigenvalue weighted by molar-refractivity contribution is -0.138. The van der Waals surface area contributed by atoms with Crippen LogP contribution in [-0.2, 0) is 12.4 Å².